The van der Waals surface area contributed by atoms with Crippen molar-refractivity contribution < 1.29 is 28.9 Å². The average Bonchev–Trinajstić information content (AvgIpc) is 2.83. The number of para-hydroxylation sites is 1. The number of piperidine rings is 1. The molecule has 0 unspecified atom stereocenters. The zero-order valence-corrected chi connectivity index (χ0v) is 19.5. The Morgan fingerprint density at radius 3 is 2.36 bits per heavy atom. The number of carbonyl (C=O) groups excluding carboxylic acids is 1. The number of amides is 1. The molecule has 0 radical (unpaired) electrons. The SMILES string of the molecule is COc1cccc(C(=O)N(CCN2CCC(OCC(=O)O)CC2)c2ccc(C)cc2)c1OC. The van der Waals surface area contributed by atoms with Gasteiger partial charge in [0.05, 0.1) is 25.9 Å². The lowest BCUT2D eigenvalue weighted by molar-refractivity contribution is -0.145. The first-order chi connectivity index (χ1) is 15.9. The predicted molar refractivity (Wildman–Crippen MR) is 125 cm³/mol. The Morgan fingerprint density at radius 2 is 1.76 bits per heavy atom. The van der Waals surface area contributed by atoms with Gasteiger partial charge >= 0.3 is 5.97 Å². The number of likely N-dealkylation sites (tertiary alicyclic amines) is 1. The number of aliphatic carboxylic acids is 1. The second kappa shape index (κ2) is 11.7. The lowest BCUT2D eigenvalue weighted by Gasteiger charge is -2.33. The van der Waals surface area contributed by atoms with Crippen molar-refractivity contribution in [3.8, 4) is 11.5 Å². The molecule has 2 aromatic carbocycles. The van der Waals surface area contributed by atoms with Crippen LogP contribution in [0.4, 0.5) is 5.69 Å². The van der Waals surface area contributed by atoms with Gasteiger partial charge in [0.15, 0.2) is 11.5 Å². The number of hydrogen-bond acceptors (Lipinski definition) is 6. The normalized spacial score (nSPS) is 14.6. The number of carbonyl (C=O) groups is 2. The summed E-state index contributed by atoms with van der Waals surface area (Å²) in [6.45, 7) is 4.53. The number of anilines is 1. The number of carboxylic acid groups (broad SMARTS) is 1. The molecule has 1 amide bonds. The number of hydrogen-bond donors (Lipinski definition) is 1. The third-order valence-electron chi connectivity index (χ3n) is 5.84. The van der Waals surface area contributed by atoms with Crippen LogP contribution < -0.4 is 14.4 Å². The van der Waals surface area contributed by atoms with E-state index >= 15 is 0 Å². The standard InChI is InChI=1S/C25H32N2O6/c1-18-7-9-19(10-8-18)27(25(30)21-5-4-6-22(31-2)24(21)32-3)16-15-26-13-11-20(12-14-26)33-17-23(28)29/h4-10,20H,11-17H2,1-3H3,(H,28,29). The Hall–Kier alpha value is -3.10. The number of rotatable bonds is 10. The predicted octanol–water partition coefficient (Wildman–Crippen LogP) is 3.22. The van der Waals surface area contributed by atoms with Crippen molar-refractivity contribution in [1.82, 2.24) is 4.90 Å². The third kappa shape index (κ3) is 6.46. The number of nitrogens with zero attached hydrogens (tertiary/aromatic N) is 2. The van der Waals surface area contributed by atoms with E-state index in [1.165, 1.54) is 7.11 Å². The molecule has 3 rings (SSSR count). The molecule has 1 fully saturated rings. The monoisotopic (exact) mass is 456 g/mol. The van der Waals surface area contributed by atoms with E-state index in [1.807, 2.05) is 31.2 Å². The maximum absolute atomic E-state index is 13.6. The number of ether oxygens (including phenoxy) is 3. The summed E-state index contributed by atoms with van der Waals surface area (Å²) < 4.78 is 16.3. The van der Waals surface area contributed by atoms with Gasteiger partial charge in [-0.1, -0.05) is 23.8 Å². The van der Waals surface area contributed by atoms with Crippen LogP contribution in [0.3, 0.4) is 0 Å². The van der Waals surface area contributed by atoms with Crippen molar-refractivity contribution in [2.24, 2.45) is 0 Å². The van der Waals surface area contributed by atoms with Gasteiger partial charge < -0.3 is 29.1 Å². The minimum atomic E-state index is -0.947. The molecule has 8 nitrogen and oxygen atoms in total. The third-order valence-corrected chi connectivity index (χ3v) is 5.84. The average molecular weight is 457 g/mol. The quantitative estimate of drug-likeness (QED) is 0.587. The van der Waals surface area contributed by atoms with E-state index in [9.17, 15) is 9.59 Å². The van der Waals surface area contributed by atoms with Gasteiger partial charge in [-0.05, 0) is 44.0 Å². The first-order valence-electron chi connectivity index (χ1n) is 11.1. The summed E-state index contributed by atoms with van der Waals surface area (Å²) in [5, 5.41) is 8.79. The number of benzene rings is 2. The van der Waals surface area contributed by atoms with Crippen molar-refractivity contribution in [2.45, 2.75) is 25.9 Å². The molecular formula is C25H32N2O6. The van der Waals surface area contributed by atoms with Crippen LogP contribution in [0.25, 0.3) is 0 Å². The molecule has 0 aromatic heterocycles. The van der Waals surface area contributed by atoms with Crippen LogP contribution in [0, 0.1) is 6.92 Å². The fourth-order valence-corrected chi connectivity index (χ4v) is 4.00. The number of carboxylic acids is 1. The van der Waals surface area contributed by atoms with Crippen LogP contribution in [-0.4, -0.2) is 75.0 Å². The minimum Gasteiger partial charge on any atom is -0.493 e. The zero-order valence-electron chi connectivity index (χ0n) is 19.5. The van der Waals surface area contributed by atoms with Crippen molar-refractivity contribution in [1.29, 1.82) is 0 Å². The summed E-state index contributed by atoms with van der Waals surface area (Å²) in [5.41, 5.74) is 2.38. The molecule has 0 atom stereocenters. The highest BCUT2D eigenvalue weighted by Crippen LogP contribution is 2.32. The van der Waals surface area contributed by atoms with Gasteiger partial charge in [0.25, 0.3) is 5.91 Å². The summed E-state index contributed by atoms with van der Waals surface area (Å²) >= 11 is 0. The fraction of sp³-hybridized carbons (Fsp3) is 0.440. The van der Waals surface area contributed by atoms with E-state index in [0.717, 1.165) is 37.2 Å². The van der Waals surface area contributed by atoms with Gasteiger partial charge in [-0.3, -0.25) is 4.79 Å². The summed E-state index contributed by atoms with van der Waals surface area (Å²) in [5.74, 6) is -0.180. The Morgan fingerprint density at radius 1 is 1.06 bits per heavy atom. The molecule has 0 bridgehead atoms. The molecule has 1 N–H and O–H groups in total. The molecule has 1 saturated heterocycles. The van der Waals surface area contributed by atoms with Crippen molar-refractivity contribution in [3.63, 3.8) is 0 Å². The molecular weight excluding hydrogens is 424 g/mol. The Kier molecular flexibility index (Phi) is 8.68. The first-order valence-corrected chi connectivity index (χ1v) is 11.1. The van der Waals surface area contributed by atoms with Crippen molar-refractivity contribution in [2.75, 3.05) is 51.9 Å². The van der Waals surface area contributed by atoms with Crippen LogP contribution in [0.15, 0.2) is 42.5 Å². The molecule has 0 spiro atoms. The topological polar surface area (TPSA) is 88.5 Å². The maximum Gasteiger partial charge on any atom is 0.329 e. The molecule has 1 aliphatic rings. The van der Waals surface area contributed by atoms with Gasteiger partial charge in [0.1, 0.15) is 6.61 Å². The van der Waals surface area contributed by atoms with Gasteiger partial charge in [0.2, 0.25) is 0 Å². The molecule has 0 saturated carbocycles. The number of aryl methyl sites for hydroxylation is 1. The van der Waals surface area contributed by atoms with Gasteiger partial charge in [-0.15, -0.1) is 0 Å². The van der Waals surface area contributed by atoms with Crippen LogP contribution in [-0.2, 0) is 9.53 Å². The molecule has 33 heavy (non-hydrogen) atoms. The second-order valence-corrected chi connectivity index (χ2v) is 8.08. The van der Waals surface area contributed by atoms with Crippen molar-refractivity contribution >= 4 is 17.6 Å². The van der Waals surface area contributed by atoms with E-state index in [-0.39, 0.29) is 18.6 Å². The molecule has 178 valence electrons. The highest BCUT2D eigenvalue weighted by atomic mass is 16.5. The van der Waals surface area contributed by atoms with Gasteiger partial charge in [-0.2, -0.15) is 0 Å². The lowest BCUT2D eigenvalue weighted by Crippen LogP contribution is -2.43. The smallest absolute Gasteiger partial charge is 0.329 e. The van der Waals surface area contributed by atoms with E-state index < -0.39 is 5.97 Å². The van der Waals surface area contributed by atoms with E-state index in [0.29, 0.717) is 30.2 Å². The summed E-state index contributed by atoms with van der Waals surface area (Å²) in [6.07, 6.45) is 1.51. The fourth-order valence-electron chi connectivity index (χ4n) is 4.00. The highest BCUT2D eigenvalue weighted by Gasteiger charge is 2.25. The van der Waals surface area contributed by atoms with Crippen LogP contribution in [0.1, 0.15) is 28.8 Å². The van der Waals surface area contributed by atoms with Crippen LogP contribution in [0.5, 0.6) is 11.5 Å². The van der Waals surface area contributed by atoms with Crippen LogP contribution in [0.2, 0.25) is 0 Å². The lowest BCUT2D eigenvalue weighted by atomic mass is 10.1. The summed E-state index contributed by atoms with van der Waals surface area (Å²) in [7, 11) is 3.08. The molecule has 1 aliphatic heterocycles. The highest BCUT2D eigenvalue weighted by molar-refractivity contribution is 6.08. The molecule has 2 aromatic rings. The number of methoxy groups -OCH3 is 2. The first kappa shape index (κ1) is 24.5. The van der Waals surface area contributed by atoms with E-state index in [4.69, 9.17) is 19.3 Å². The van der Waals surface area contributed by atoms with E-state index in [2.05, 4.69) is 4.90 Å². The second-order valence-electron chi connectivity index (χ2n) is 8.08. The molecule has 8 heteroatoms. The summed E-state index contributed by atoms with van der Waals surface area (Å²) in [4.78, 5) is 28.4. The zero-order chi connectivity index (χ0) is 23.8. The minimum absolute atomic E-state index is 0.0340. The Balaban J connectivity index is 1.73. The van der Waals surface area contributed by atoms with Crippen molar-refractivity contribution in [3.05, 3.63) is 53.6 Å². The van der Waals surface area contributed by atoms with Crippen LogP contribution >= 0.6 is 0 Å². The summed E-state index contributed by atoms with van der Waals surface area (Å²) in [6, 6.07) is 13.2. The maximum atomic E-state index is 13.6. The van der Waals surface area contributed by atoms with Gasteiger partial charge in [0, 0.05) is 31.9 Å². The Bertz CT molecular complexity index is 938. The largest absolute Gasteiger partial charge is 0.493 e. The van der Waals surface area contributed by atoms with E-state index in [1.54, 1.807) is 30.2 Å². The van der Waals surface area contributed by atoms with Gasteiger partial charge in [-0.25, -0.2) is 4.79 Å². The Labute approximate surface area is 194 Å². The molecule has 1 heterocycles. The molecule has 0 aliphatic carbocycles.